The van der Waals surface area contributed by atoms with E-state index in [1.54, 1.807) is 28.5 Å². The highest BCUT2D eigenvalue weighted by Crippen LogP contribution is 2.58. The van der Waals surface area contributed by atoms with E-state index in [2.05, 4.69) is 0 Å². The van der Waals surface area contributed by atoms with Crippen LogP contribution in [0.1, 0.15) is 50.3 Å². The fraction of sp³-hybridized carbons (Fsp3) is 0.417. The molecule has 9 heteroatoms. The van der Waals surface area contributed by atoms with Crippen LogP contribution in [0.3, 0.4) is 0 Å². The molecule has 2 saturated heterocycles. The lowest BCUT2D eigenvalue weighted by molar-refractivity contribution is -0.150. The van der Waals surface area contributed by atoms with Gasteiger partial charge in [0.15, 0.2) is 5.60 Å². The zero-order valence-electron chi connectivity index (χ0n) is 26.1. The minimum absolute atomic E-state index is 0.0232. The van der Waals surface area contributed by atoms with E-state index in [1.165, 1.54) is 0 Å². The summed E-state index contributed by atoms with van der Waals surface area (Å²) in [4.78, 5) is 46.0. The lowest BCUT2D eigenvalue weighted by Crippen LogP contribution is -2.46. The minimum atomic E-state index is -1.47. The molecular formula is C36H41N3O6. The fourth-order valence-electron chi connectivity index (χ4n) is 7.46. The van der Waals surface area contributed by atoms with Crippen LogP contribution >= 0.6 is 0 Å². The molecule has 0 saturated carbocycles. The summed E-state index contributed by atoms with van der Waals surface area (Å²) in [5, 5.41) is 21.3. The summed E-state index contributed by atoms with van der Waals surface area (Å²) in [7, 11) is 0. The monoisotopic (exact) mass is 611 g/mol. The average molecular weight is 612 g/mol. The first-order valence-electron chi connectivity index (χ1n) is 15.7. The van der Waals surface area contributed by atoms with E-state index in [-0.39, 0.29) is 37.3 Å². The third kappa shape index (κ3) is 5.54. The van der Waals surface area contributed by atoms with Crippen molar-refractivity contribution in [1.29, 1.82) is 0 Å². The number of anilines is 2. The third-order valence-corrected chi connectivity index (χ3v) is 9.63. The maximum atomic E-state index is 14.7. The number of carbonyl (C=O) groups is 3. The van der Waals surface area contributed by atoms with Crippen LogP contribution in [-0.2, 0) is 37.8 Å². The summed E-state index contributed by atoms with van der Waals surface area (Å²) < 4.78 is 6.87. The Kier molecular flexibility index (Phi) is 8.28. The largest absolute Gasteiger partial charge is 0.395 e. The topological polar surface area (TPSA) is 111 Å². The van der Waals surface area contributed by atoms with Gasteiger partial charge >= 0.3 is 0 Å². The summed E-state index contributed by atoms with van der Waals surface area (Å²) in [6.45, 7) is 6.50. The molecule has 0 unspecified atom stereocenters. The normalized spacial score (nSPS) is 24.2. The Morgan fingerprint density at radius 1 is 1.02 bits per heavy atom. The van der Waals surface area contributed by atoms with Gasteiger partial charge in [-0.25, -0.2) is 0 Å². The van der Waals surface area contributed by atoms with Crippen LogP contribution in [0.15, 0.2) is 78.9 Å². The number of carbonyl (C=O) groups excluding carboxylic acids is 3. The van der Waals surface area contributed by atoms with E-state index in [4.69, 9.17) is 4.74 Å². The van der Waals surface area contributed by atoms with Crippen LogP contribution in [0.25, 0.3) is 0 Å². The van der Waals surface area contributed by atoms with Gasteiger partial charge in [-0.15, -0.1) is 0 Å². The highest BCUT2D eigenvalue weighted by atomic mass is 16.5. The zero-order chi connectivity index (χ0) is 31.9. The fourth-order valence-corrected chi connectivity index (χ4v) is 7.46. The molecule has 9 nitrogen and oxygen atoms in total. The van der Waals surface area contributed by atoms with Gasteiger partial charge in [-0.05, 0) is 43.2 Å². The van der Waals surface area contributed by atoms with Crippen molar-refractivity contribution in [2.24, 2.45) is 11.8 Å². The van der Waals surface area contributed by atoms with E-state index in [0.29, 0.717) is 43.0 Å². The molecule has 0 aromatic heterocycles. The Hall–Kier alpha value is -4.05. The van der Waals surface area contributed by atoms with E-state index >= 15 is 0 Å². The number of fused-ring (bicyclic) bond motifs is 2. The van der Waals surface area contributed by atoms with E-state index in [9.17, 15) is 24.6 Å². The lowest BCUT2D eigenvalue weighted by atomic mass is 9.70. The first-order chi connectivity index (χ1) is 21.5. The molecule has 3 amide bonds. The number of benzene rings is 3. The summed E-state index contributed by atoms with van der Waals surface area (Å²) in [6, 6.07) is 24.9. The lowest BCUT2D eigenvalue weighted by Gasteiger charge is -2.35. The number of nitrogens with zero attached hydrogens (tertiary/aromatic N) is 3. The van der Waals surface area contributed by atoms with Gasteiger partial charge in [-0.2, -0.15) is 0 Å². The van der Waals surface area contributed by atoms with Crippen molar-refractivity contribution in [2.75, 3.05) is 29.5 Å². The van der Waals surface area contributed by atoms with Crippen molar-refractivity contribution < 1.29 is 29.3 Å². The molecule has 6 rings (SSSR count). The molecule has 3 heterocycles. The van der Waals surface area contributed by atoms with Gasteiger partial charge in [0.2, 0.25) is 11.8 Å². The summed E-state index contributed by atoms with van der Waals surface area (Å²) >= 11 is 0. The average Bonchev–Trinajstić information content (AvgIpc) is 3.43. The number of amides is 3. The molecule has 0 aliphatic carbocycles. The van der Waals surface area contributed by atoms with Gasteiger partial charge in [0, 0.05) is 49.1 Å². The molecule has 236 valence electrons. The van der Waals surface area contributed by atoms with Crippen LogP contribution in [0.4, 0.5) is 11.4 Å². The van der Waals surface area contributed by atoms with Crippen molar-refractivity contribution in [3.63, 3.8) is 0 Å². The summed E-state index contributed by atoms with van der Waals surface area (Å²) in [6.07, 6.45) is -0.377. The minimum Gasteiger partial charge on any atom is -0.395 e. The van der Waals surface area contributed by atoms with Crippen molar-refractivity contribution in [3.8, 4) is 0 Å². The predicted octanol–water partition coefficient (Wildman–Crippen LogP) is 4.00. The molecule has 0 bridgehead atoms. The molecule has 0 radical (unpaired) electrons. The number of rotatable bonds is 10. The highest BCUT2D eigenvalue weighted by Gasteiger charge is 2.66. The van der Waals surface area contributed by atoms with Gasteiger partial charge in [0.05, 0.1) is 37.0 Å². The summed E-state index contributed by atoms with van der Waals surface area (Å²) in [5.41, 5.74) is 1.17. The Labute approximate surface area is 264 Å². The number of β-lactam (4-membered cyclic amide) rings is 1. The van der Waals surface area contributed by atoms with Crippen LogP contribution < -0.4 is 9.80 Å². The first-order valence-corrected chi connectivity index (χ1v) is 15.7. The van der Waals surface area contributed by atoms with Gasteiger partial charge in [0.25, 0.3) is 5.91 Å². The molecule has 3 aliphatic rings. The van der Waals surface area contributed by atoms with Gasteiger partial charge < -0.3 is 29.6 Å². The number of aliphatic hydroxyl groups is 2. The van der Waals surface area contributed by atoms with Crippen LogP contribution in [0.5, 0.6) is 0 Å². The number of aliphatic hydroxyl groups excluding tert-OH is 1. The standard InChI is InChI=1S/C36H41N3O6/c1-24-33(35(2,3)44)30(21-32(42)37(18-19-40)22-25-10-6-4-7-11-25)45-36(24)28-20-27(38-17-16-31(38)41)14-15-29(28)39(34(36)43)23-26-12-8-5-9-13-26/h4-15,20,24,30,33,40,44H,16-19,21-23H2,1-3H3/t24-,30+,33-,36+/m0/s1. The maximum absolute atomic E-state index is 14.7. The van der Waals surface area contributed by atoms with Gasteiger partial charge in [-0.1, -0.05) is 67.6 Å². The second-order valence-corrected chi connectivity index (χ2v) is 13.0. The zero-order valence-corrected chi connectivity index (χ0v) is 26.1. The third-order valence-electron chi connectivity index (χ3n) is 9.63. The Morgan fingerprint density at radius 3 is 2.27 bits per heavy atom. The SMILES string of the molecule is C[C@H]1[C@H](C(C)(C)O)[C@@H](CC(=O)N(CCO)Cc2ccccc2)O[C@]12C(=O)N(Cc1ccccc1)c1ccc(N3CCC3=O)cc12. The Balaban J connectivity index is 1.39. The van der Waals surface area contributed by atoms with Crippen molar-refractivity contribution >= 4 is 29.1 Å². The van der Waals surface area contributed by atoms with Crippen molar-refractivity contribution in [3.05, 3.63) is 95.6 Å². The Morgan fingerprint density at radius 2 is 1.69 bits per heavy atom. The molecule has 4 atom stereocenters. The van der Waals surface area contributed by atoms with Crippen molar-refractivity contribution in [1.82, 2.24) is 4.90 Å². The molecule has 1 spiro atoms. The second kappa shape index (κ2) is 12.0. The first kappa shape index (κ1) is 31.0. The molecule has 3 aromatic carbocycles. The van der Waals surface area contributed by atoms with E-state index < -0.39 is 29.1 Å². The van der Waals surface area contributed by atoms with Crippen LogP contribution in [0.2, 0.25) is 0 Å². The quantitative estimate of drug-likeness (QED) is 0.336. The number of hydrogen-bond donors (Lipinski definition) is 2. The highest BCUT2D eigenvalue weighted by molar-refractivity contribution is 6.09. The number of hydrogen-bond acceptors (Lipinski definition) is 6. The van der Waals surface area contributed by atoms with Crippen molar-refractivity contribution in [2.45, 2.75) is 64.0 Å². The van der Waals surface area contributed by atoms with Crippen LogP contribution in [-0.4, -0.2) is 64.2 Å². The predicted molar refractivity (Wildman–Crippen MR) is 170 cm³/mol. The maximum Gasteiger partial charge on any atom is 0.264 e. The van der Waals surface area contributed by atoms with Gasteiger partial charge in [0.1, 0.15) is 0 Å². The molecule has 3 aliphatic heterocycles. The smallest absolute Gasteiger partial charge is 0.264 e. The van der Waals surface area contributed by atoms with E-state index in [0.717, 1.165) is 11.1 Å². The molecule has 2 N–H and O–H groups in total. The Bertz CT molecular complexity index is 1570. The van der Waals surface area contributed by atoms with E-state index in [1.807, 2.05) is 85.8 Å². The molecule has 2 fully saturated rings. The molecular weight excluding hydrogens is 570 g/mol. The summed E-state index contributed by atoms with van der Waals surface area (Å²) in [5.74, 6) is -1.54. The second-order valence-electron chi connectivity index (χ2n) is 13.0. The van der Waals surface area contributed by atoms with Gasteiger partial charge in [-0.3, -0.25) is 14.4 Å². The molecule has 3 aromatic rings. The number of ether oxygens (including phenoxy) is 1. The van der Waals surface area contributed by atoms with Crippen LogP contribution in [0, 0.1) is 11.8 Å². The molecule has 45 heavy (non-hydrogen) atoms.